The summed E-state index contributed by atoms with van der Waals surface area (Å²) in [5.41, 5.74) is -0.212. The van der Waals surface area contributed by atoms with E-state index in [1.54, 1.807) is 91.0 Å². The third kappa shape index (κ3) is 13.6. The summed E-state index contributed by atoms with van der Waals surface area (Å²) in [6.07, 6.45) is -27.9. The topological polar surface area (TPSA) is 530 Å². The van der Waals surface area contributed by atoms with Gasteiger partial charge in [0, 0.05) is 59.2 Å². The fourth-order valence-corrected chi connectivity index (χ4v) is 10.3. The monoisotopic (exact) mass is 1340 g/mol. The highest BCUT2D eigenvalue weighted by Crippen LogP contribution is 2.45. The number of carboxylic acids is 3. The molecule has 32 heteroatoms. The van der Waals surface area contributed by atoms with Crippen LogP contribution in [-0.2, 0) is 28.6 Å². The zero-order chi connectivity index (χ0) is 69.3. The number of methoxy groups -OCH3 is 1. The van der Waals surface area contributed by atoms with Gasteiger partial charge in [-0.3, -0.25) is 14.4 Å². The normalized spacial score (nSPS) is 25.5. The van der Waals surface area contributed by atoms with Gasteiger partial charge in [0.15, 0.2) is 57.6 Å². The highest BCUT2D eigenvalue weighted by atomic mass is 16.7. The molecular weight excluding hydrogens is 1280 g/mol. The average molecular weight is 1340 g/mol. The molecule has 3 fully saturated rings. The molecule has 504 valence electrons. The molecule has 0 unspecified atom stereocenters. The van der Waals surface area contributed by atoms with Crippen molar-refractivity contribution >= 4 is 50.8 Å². The minimum atomic E-state index is -1.94. The lowest BCUT2D eigenvalue weighted by Crippen LogP contribution is -2.61. The number of carbonyl (C=O) groups is 3. The predicted octanol–water partition coefficient (Wildman–Crippen LogP) is 1.02. The summed E-state index contributed by atoms with van der Waals surface area (Å²) in [5.74, 6) is -8.25. The van der Waals surface area contributed by atoms with Gasteiger partial charge in [0.25, 0.3) is 0 Å². The molecule has 0 saturated carbocycles. The van der Waals surface area contributed by atoms with Crippen molar-refractivity contribution in [1.82, 2.24) is 0 Å². The molecule has 0 radical (unpaired) electrons. The molecule has 6 heterocycles. The van der Waals surface area contributed by atoms with E-state index in [4.69, 9.17) is 56.6 Å². The van der Waals surface area contributed by atoms with Crippen LogP contribution in [0.4, 0.5) is 0 Å². The first kappa shape index (κ1) is 68.1. The maximum absolute atomic E-state index is 12.7. The lowest BCUT2D eigenvalue weighted by molar-refractivity contribution is -0.271. The number of carboxylic acid groups (broad SMARTS) is 3. The molecule has 3 saturated heterocycles. The molecule has 0 bridgehead atoms. The quantitative estimate of drug-likeness (QED) is 0.0717. The number of rotatable bonds is 13. The molecule has 0 spiro atoms. The Morgan fingerprint density at radius 3 is 1.08 bits per heavy atom. The summed E-state index contributed by atoms with van der Waals surface area (Å²) >= 11 is 0. The summed E-state index contributed by atoms with van der Waals surface area (Å²) in [5, 5.41) is 158. The van der Waals surface area contributed by atoms with E-state index in [9.17, 15) is 100 Å². The van der Waals surface area contributed by atoms with Crippen LogP contribution in [0.3, 0.4) is 0 Å². The molecule has 3 aliphatic heterocycles. The van der Waals surface area contributed by atoms with Gasteiger partial charge >= 0.3 is 17.9 Å². The van der Waals surface area contributed by atoms with E-state index in [1.807, 2.05) is 0 Å². The second-order valence-corrected chi connectivity index (χ2v) is 21.5. The second-order valence-electron chi connectivity index (χ2n) is 21.5. The van der Waals surface area contributed by atoms with Crippen molar-refractivity contribution in [2.45, 2.75) is 92.1 Å². The third-order valence-corrected chi connectivity index (χ3v) is 15.2. The van der Waals surface area contributed by atoms with Crippen molar-refractivity contribution in [2.24, 2.45) is 0 Å². The molecular formula is C64H56O32. The van der Waals surface area contributed by atoms with E-state index in [-0.39, 0.29) is 67.4 Å². The summed E-state index contributed by atoms with van der Waals surface area (Å²) in [7, 11) is 1.19. The Morgan fingerprint density at radius 2 is 0.708 bits per heavy atom. The van der Waals surface area contributed by atoms with E-state index in [0.717, 1.165) is 18.2 Å². The lowest BCUT2D eigenvalue weighted by atomic mass is 9.99. The molecule has 16 N–H and O–H groups in total. The van der Waals surface area contributed by atoms with Gasteiger partial charge in [-0.05, 0) is 0 Å². The number of hydrogen-bond acceptors (Lipinski definition) is 29. The van der Waals surface area contributed by atoms with E-state index in [0.29, 0.717) is 16.7 Å². The van der Waals surface area contributed by atoms with Crippen molar-refractivity contribution in [3.8, 4) is 80.0 Å². The molecule has 6 aromatic carbocycles. The van der Waals surface area contributed by atoms with Crippen molar-refractivity contribution in [3.63, 3.8) is 0 Å². The van der Waals surface area contributed by atoms with Gasteiger partial charge < -0.3 is 128 Å². The summed E-state index contributed by atoms with van der Waals surface area (Å²) in [6.45, 7) is 0. The summed E-state index contributed by atoms with van der Waals surface area (Å²) in [4.78, 5) is 71.5. The molecule has 0 amide bonds. The molecule has 0 aliphatic carbocycles. The maximum atomic E-state index is 12.7. The Kier molecular flexibility index (Phi) is 19.9. The Hall–Kier alpha value is -10.7. The average Bonchev–Trinajstić information content (AvgIpc) is 0.779. The largest absolute Gasteiger partial charge is 0.507 e. The maximum Gasteiger partial charge on any atom is 0.335 e. The minimum absolute atomic E-state index is 0.0259. The Bertz CT molecular complexity index is 4540. The first-order valence-corrected chi connectivity index (χ1v) is 28.3. The van der Waals surface area contributed by atoms with Gasteiger partial charge in [-0.25, -0.2) is 14.4 Å². The van der Waals surface area contributed by atoms with Gasteiger partial charge in [-0.1, -0.05) is 91.0 Å². The van der Waals surface area contributed by atoms with Crippen LogP contribution in [-0.4, -0.2) is 199 Å². The van der Waals surface area contributed by atoms with E-state index in [2.05, 4.69) is 0 Å². The molecule has 9 aromatic rings. The van der Waals surface area contributed by atoms with E-state index < -0.39 is 155 Å². The number of phenols is 4. The Morgan fingerprint density at radius 1 is 0.375 bits per heavy atom. The smallest absolute Gasteiger partial charge is 0.335 e. The van der Waals surface area contributed by atoms with Crippen LogP contribution in [0, 0.1) is 0 Å². The summed E-state index contributed by atoms with van der Waals surface area (Å²) < 4.78 is 53.7. The zero-order valence-electron chi connectivity index (χ0n) is 49.0. The number of ether oxygens (including phenoxy) is 7. The number of phenolic OH excluding ortho intramolecular Hbond substituents is 4. The van der Waals surface area contributed by atoms with Crippen LogP contribution >= 0.6 is 0 Å². The molecule has 3 aliphatic rings. The Balaban J connectivity index is 0.000000157. The van der Waals surface area contributed by atoms with Gasteiger partial charge in [0.1, 0.15) is 117 Å². The number of aromatic hydroxyl groups is 4. The van der Waals surface area contributed by atoms with Gasteiger partial charge in [-0.15, -0.1) is 0 Å². The van der Waals surface area contributed by atoms with Crippen molar-refractivity contribution in [1.29, 1.82) is 0 Å². The zero-order valence-corrected chi connectivity index (χ0v) is 49.0. The van der Waals surface area contributed by atoms with Gasteiger partial charge in [0.05, 0.1) is 7.11 Å². The minimum Gasteiger partial charge on any atom is -0.507 e. The van der Waals surface area contributed by atoms with Crippen molar-refractivity contribution in [3.05, 3.63) is 164 Å². The first-order valence-electron chi connectivity index (χ1n) is 28.3. The Labute approximate surface area is 535 Å². The van der Waals surface area contributed by atoms with E-state index in [1.165, 1.54) is 31.4 Å². The van der Waals surface area contributed by atoms with Crippen LogP contribution in [0.1, 0.15) is 0 Å². The molecule has 12 rings (SSSR count). The van der Waals surface area contributed by atoms with Crippen LogP contribution < -0.4 is 35.2 Å². The number of aliphatic carboxylic acids is 3. The third-order valence-electron chi connectivity index (χ3n) is 15.2. The fraction of sp³-hybridized carbons (Fsp3) is 0.250. The van der Waals surface area contributed by atoms with Crippen LogP contribution in [0.5, 0.6) is 46.0 Å². The predicted molar refractivity (Wildman–Crippen MR) is 322 cm³/mol. The number of benzene rings is 6. The number of fused-ring (bicyclic) bond motifs is 3. The number of aliphatic hydroxyl groups excluding tert-OH is 9. The molecule has 3 aromatic heterocycles. The second kappa shape index (κ2) is 28.1. The molecule has 96 heavy (non-hydrogen) atoms. The molecule has 15 atom stereocenters. The van der Waals surface area contributed by atoms with Crippen LogP contribution in [0.2, 0.25) is 0 Å². The van der Waals surface area contributed by atoms with Crippen LogP contribution in [0.25, 0.3) is 66.9 Å². The highest BCUT2D eigenvalue weighted by molar-refractivity contribution is 5.91. The SMILES string of the molecule is COc1c(O[C@@H]2O[C@H](C(=O)O)[C@@H](O)[C@H](O)[C@H]2O)cc2oc(-c3ccccc3)cc(=O)c2c1O.O=C(O)[C@H]1O[C@@H](Oc2cc(O)c3c(=O)cc(-c4ccccc4)oc3c2)[C@H](O)[C@@H](O)[C@@H]1O.O=C(O)[C@H]1O[C@@H](Oc2cc3oc(-c4ccccc4)cc(=O)c3c(O)c2O)[C@H](O)[C@@H](O)[C@@H]1O. The highest BCUT2D eigenvalue weighted by Gasteiger charge is 2.51. The van der Waals surface area contributed by atoms with Gasteiger partial charge in [0.2, 0.25) is 30.4 Å². The standard InChI is InChI=1S/C22H20O11.C21H18O11.C21H18O10/c1-30-19-13(32-22-18(27)16(25)17(26)20(33-22)21(28)29)8-12-14(15(19)24)10(23)7-11(31-12)9-5-3-2-4-6-9;22-9-6-10(8-4-2-1-3-5-8)30-11-7-12(14(23)15(24)13(9)11)31-21-18(27)16(25)17(26)19(32-21)20(28)29;22-11-6-10(29-21-18(26)16(24)17(25)19(31-21)20(27)28)7-14-15(11)12(23)8-13(30-14)9-4-2-1-3-5-9/h2-8,16-18,20,22,24-27H,1H3,(H,28,29);1-7,16-19,21,23-27H,(H,28,29);1-8,16-19,21-22,24-26H,(H,27,28)/t16-,17-,18+,20-,22+;2*16-,17-,18+,19-,21+/m000/s1. The van der Waals surface area contributed by atoms with E-state index >= 15 is 0 Å². The van der Waals surface area contributed by atoms with Crippen molar-refractivity contribution in [2.75, 3.05) is 7.11 Å². The number of hydrogen-bond donors (Lipinski definition) is 16. The van der Waals surface area contributed by atoms with Gasteiger partial charge in [-0.2, -0.15) is 0 Å². The van der Waals surface area contributed by atoms with Crippen LogP contribution in [0.15, 0.2) is 161 Å². The summed E-state index contributed by atoms with van der Waals surface area (Å²) in [6, 6.07) is 34.2. The fourth-order valence-electron chi connectivity index (χ4n) is 10.3. The first-order chi connectivity index (χ1) is 45.7. The molecule has 32 nitrogen and oxygen atoms in total. The van der Waals surface area contributed by atoms with Crippen molar-refractivity contribution < 1.29 is 142 Å². The lowest BCUT2D eigenvalue weighted by Gasteiger charge is -2.38. The number of aliphatic hydroxyl groups is 9.